The second-order valence-electron chi connectivity index (χ2n) is 4.19. The van der Waals surface area contributed by atoms with Gasteiger partial charge in [-0.15, -0.1) is 11.3 Å². The van der Waals surface area contributed by atoms with Crippen LogP contribution >= 0.6 is 11.3 Å². The molecule has 0 spiro atoms. The van der Waals surface area contributed by atoms with Crippen molar-refractivity contribution in [3.05, 3.63) is 10.9 Å². The molecule has 0 atom stereocenters. The number of thiophene rings is 1. The lowest BCUT2D eigenvalue weighted by molar-refractivity contribution is 0.147. The van der Waals surface area contributed by atoms with Gasteiger partial charge in [0.15, 0.2) is 0 Å². The van der Waals surface area contributed by atoms with Crippen LogP contribution in [0.2, 0.25) is 0 Å². The summed E-state index contributed by atoms with van der Waals surface area (Å²) in [6.45, 7) is 6.48. The van der Waals surface area contributed by atoms with Crippen LogP contribution in [0.4, 0.5) is 11.8 Å². The first kappa shape index (κ1) is 14.0. The Morgan fingerprint density at radius 1 is 1.37 bits per heavy atom. The smallest absolute Gasteiger partial charge is 0.223 e. The molecule has 0 radical (unpaired) electrons. The first-order valence-electron chi connectivity index (χ1n) is 6.62. The van der Waals surface area contributed by atoms with Gasteiger partial charge in [-0.3, -0.25) is 0 Å². The quantitative estimate of drug-likeness (QED) is 0.763. The summed E-state index contributed by atoms with van der Waals surface area (Å²) in [5.41, 5.74) is 5.75. The molecule has 0 fully saturated rings. The third-order valence-electron chi connectivity index (χ3n) is 2.77. The molecular formula is C13H20N4OS. The van der Waals surface area contributed by atoms with E-state index in [1.54, 1.807) is 11.3 Å². The van der Waals surface area contributed by atoms with Crippen molar-refractivity contribution in [3.8, 4) is 0 Å². The number of nitrogens with one attached hydrogen (secondary N) is 1. The van der Waals surface area contributed by atoms with Gasteiger partial charge in [0.2, 0.25) is 5.95 Å². The molecule has 3 N–H and O–H groups in total. The molecule has 0 bridgehead atoms. The molecule has 0 aliphatic heterocycles. The van der Waals surface area contributed by atoms with Crippen LogP contribution in [0.25, 0.3) is 10.2 Å². The Hall–Kier alpha value is -1.40. The predicted octanol–water partition coefficient (Wildman–Crippen LogP) is 2.67. The summed E-state index contributed by atoms with van der Waals surface area (Å²) in [5, 5.41) is 4.38. The number of rotatable bonds is 7. The van der Waals surface area contributed by atoms with E-state index < -0.39 is 0 Å². The summed E-state index contributed by atoms with van der Waals surface area (Å²) in [6, 6.07) is 2.14. The van der Waals surface area contributed by atoms with Crippen LogP contribution in [0, 0.1) is 0 Å². The van der Waals surface area contributed by atoms with Crippen molar-refractivity contribution < 1.29 is 4.74 Å². The van der Waals surface area contributed by atoms with Gasteiger partial charge in [0.05, 0.1) is 5.39 Å². The number of ether oxygens (including phenoxy) is 1. The fraction of sp³-hybridized carbons (Fsp3) is 0.538. The minimum atomic E-state index is 0.323. The van der Waals surface area contributed by atoms with Gasteiger partial charge in [-0.05, 0) is 25.8 Å². The van der Waals surface area contributed by atoms with Crippen molar-refractivity contribution in [2.75, 3.05) is 30.8 Å². The number of nitrogens with two attached hydrogens (primary N) is 1. The van der Waals surface area contributed by atoms with Crippen LogP contribution < -0.4 is 11.1 Å². The molecular weight excluding hydrogens is 260 g/mol. The molecule has 0 unspecified atom stereocenters. The van der Waals surface area contributed by atoms with Crippen molar-refractivity contribution in [2.45, 2.75) is 26.7 Å². The van der Waals surface area contributed by atoms with E-state index in [0.29, 0.717) is 5.95 Å². The molecule has 6 heteroatoms. The standard InChI is InChI=1S/C13H20N4OS/c1-3-9-8-10-11(15-6-5-7-18-4-2)16-13(14)17-12(10)19-9/h8H,3-7H2,1-2H3,(H3,14,15,16,17). The maximum atomic E-state index is 5.75. The Labute approximate surface area is 117 Å². The fourth-order valence-corrected chi connectivity index (χ4v) is 2.80. The molecule has 5 nitrogen and oxygen atoms in total. The summed E-state index contributed by atoms with van der Waals surface area (Å²) >= 11 is 1.68. The van der Waals surface area contributed by atoms with Crippen molar-refractivity contribution in [1.29, 1.82) is 0 Å². The number of nitrogen functional groups attached to an aromatic ring is 1. The van der Waals surface area contributed by atoms with Gasteiger partial charge in [-0.25, -0.2) is 4.98 Å². The summed E-state index contributed by atoms with van der Waals surface area (Å²) in [7, 11) is 0. The number of hydrogen-bond donors (Lipinski definition) is 2. The number of nitrogens with zero attached hydrogens (tertiary/aromatic N) is 2. The van der Waals surface area contributed by atoms with Crippen LogP contribution in [-0.2, 0) is 11.2 Å². The molecule has 0 saturated carbocycles. The van der Waals surface area contributed by atoms with Crippen LogP contribution in [0.5, 0.6) is 0 Å². The van der Waals surface area contributed by atoms with Crippen molar-refractivity contribution >= 4 is 33.3 Å². The van der Waals surface area contributed by atoms with Crippen molar-refractivity contribution in [3.63, 3.8) is 0 Å². The van der Waals surface area contributed by atoms with Crippen LogP contribution in [0.3, 0.4) is 0 Å². The highest BCUT2D eigenvalue weighted by Crippen LogP contribution is 2.29. The van der Waals surface area contributed by atoms with Crippen molar-refractivity contribution in [1.82, 2.24) is 9.97 Å². The maximum Gasteiger partial charge on any atom is 0.223 e. The third-order valence-corrected chi connectivity index (χ3v) is 3.94. The van der Waals surface area contributed by atoms with Gasteiger partial charge < -0.3 is 15.8 Å². The van der Waals surface area contributed by atoms with Crippen molar-refractivity contribution in [2.24, 2.45) is 0 Å². The van der Waals surface area contributed by atoms with Gasteiger partial charge in [0.25, 0.3) is 0 Å². The van der Waals surface area contributed by atoms with E-state index in [1.807, 2.05) is 6.92 Å². The van der Waals surface area contributed by atoms with E-state index in [4.69, 9.17) is 10.5 Å². The monoisotopic (exact) mass is 280 g/mol. The van der Waals surface area contributed by atoms with Crippen LogP contribution in [0.1, 0.15) is 25.1 Å². The molecule has 0 amide bonds. The normalized spacial score (nSPS) is 11.1. The summed E-state index contributed by atoms with van der Waals surface area (Å²) < 4.78 is 5.31. The number of anilines is 2. The average molecular weight is 280 g/mol. The predicted molar refractivity (Wildman–Crippen MR) is 80.8 cm³/mol. The van der Waals surface area contributed by atoms with E-state index >= 15 is 0 Å². The third kappa shape index (κ3) is 3.54. The highest BCUT2D eigenvalue weighted by Gasteiger charge is 2.09. The Kier molecular flexibility index (Phi) is 4.93. The second kappa shape index (κ2) is 6.68. The zero-order valence-electron chi connectivity index (χ0n) is 11.4. The van der Waals surface area contributed by atoms with E-state index in [1.165, 1.54) is 4.88 Å². The lowest BCUT2D eigenvalue weighted by Crippen LogP contribution is -2.08. The Balaban J connectivity index is 2.10. The Morgan fingerprint density at radius 3 is 2.95 bits per heavy atom. The molecule has 2 aromatic rings. The minimum Gasteiger partial charge on any atom is -0.382 e. The molecule has 0 aliphatic rings. The molecule has 0 aromatic carbocycles. The van der Waals surface area contributed by atoms with Gasteiger partial charge >= 0.3 is 0 Å². The van der Waals surface area contributed by atoms with E-state index in [9.17, 15) is 0 Å². The van der Waals surface area contributed by atoms with Gasteiger partial charge in [-0.1, -0.05) is 6.92 Å². The summed E-state index contributed by atoms with van der Waals surface area (Å²) in [6.07, 6.45) is 1.95. The first-order chi connectivity index (χ1) is 9.24. The van der Waals surface area contributed by atoms with E-state index in [-0.39, 0.29) is 0 Å². The van der Waals surface area contributed by atoms with E-state index in [0.717, 1.165) is 48.6 Å². The Morgan fingerprint density at radius 2 is 2.21 bits per heavy atom. The second-order valence-corrected chi connectivity index (χ2v) is 5.31. The number of aryl methyl sites for hydroxylation is 1. The maximum absolute atomic E-state index is 5.75. The van der Waals surface area contributed by atoms with Gasteiger partial charge in [0, 0.05) is 24.6 Å². The number of aromatic nitrogens is 2. The minimum absolute atomic E-state index is 0.323. The van der Waals surface area contributed by atoms with E-state index in [2.05, 4.69) is 28.3 Å². The SMILES string of the molecule is CCOCCCNc1nc(N)nc2sc(CC)cc12. The number of fused-ring (bicyclic) bond motifs is 1. The molecule has 2 heterocycles. The zero-order valence-corrected chi connectivity index (χ0v) is 12.2. The molecule has 104 valence electrons. The summed E-state index contributed by atoms with van der Waals surface area (Å²) in [4.78, 5) is 10.8. The highest BCUT2D eigenvalue weighted by atomic mass is 32.1. The van der Waals surface area contributed by atoms with Gasteiger partial charge in [0.1, 0.15) is 10.6 Å². The molecule has 19 heavy (non-hydrogen) atoms. The lowest BCUT2D eigenvalue weighted by Gasteiger charge is -2.07. The van der Waals surface area contributed by atoms with Crippen LogP contribution in [0.15, 0.2) is 6.07 Å². The Bertz CT molecular complexity index is 541. The zero-order chi connectivity index (χ0) is 13.7. The molecule has 2 rings (SSSR count). The largest absolute Gasteiger partial charge is 0.382 e. The molecule has 0 saturated heterocycles. The highest BCUT2D eigenvalue weighted by molar-refractivity contribution is 7.18. The lowest BCUT2D eigenvalue weighted by atomic mass is 10.3. The average Bonchev–Trinajstić information content (AvgIpc) is 2.81. The van der Waals surface area contributed by atoms with Gasteiger partial charge in [-0.2, -0.15) is 4.98 Å². The number of hydrogen-bond acceptors (Lipinski definition) is 6. The van der Waals surface area contributed by atoms with Crippen LogP contribution in [-0.4, -0.2) is 29.7 Å². The fourth-order valence-electron chi connectivity index (χ4n) is 1.82. The first-order valence-corrected chi connectivity index (χ1v) is 7.43. The summed E-state index contributed by atoms with van der Waals surface area (Å²) in [5.74, 6) is 1.15. The topological polar surface area (TPSA) is 73.1 Å². The molecule has 2 aromatic heterocycles. The molecule has 0 aliphatic carbocycles.